The van der Waals surface area contributed by atoms with E-state index in [9.17, 15) is 0 Å². The number of rotatable bonds is 3. The number of aliphatic imine (C=N–C) groups is 1. The van der Waals surface area contributed by atoms with E-state index >= 15 is 0 Å². The normalized spacial score (nSPS) is 31.9. The Morgan fingerprint density at radius 1 is 1.40 bits per heavy atom. The molecule has 0 aromatic carbocycles. The van der Waals surface area contributed by atoms with E-state index < -0.39 is 0 Å². The molecular formula is C11H20N2O2. The number of amidine groups is 1. The van der Waals surface area contributed by atoms with Crippen LogP contribution in [0.2, 0.25) is 0 Å². The molecule has 4 nitrogen and oxygen atoms in total. The van der Waals surface area contributed by atoms with Gasteiger partial charge in [-0.25, -0.2) is 0 Å². The van der Waals surface area contributed by atoms with Gasteiger partial charge in [-0.05, 0) is 12.8 Å². The Morgan fingerprint density at radius 2 is 2.33 bits per heavy atom. The molecule has 2 aliphatic rings. The fourth-order valence-electron chi connectivity index (χ4n) is 2.41. The highest BCUT2D eigenvalue weighted by Crippen LogP contribution is 2.34. The fraction of sp³-hybridized carbons (Fsp3) is 0.909. The molecule has 15 heavy (non-hydrogen) atoms. The van der Waals surface area contributed by atoms with Gasteiger partial charge in [0.05, 0.1) is 25.2 Å². The Bertz CT molecular complexity index is 235. The van der Waals surface area contributed by atoms with E-state index in [2.05, 4.69) is 17.2 Å². The molecule has 0 bridgehead atoms. The third-order valence-corrected chi connectivity index (χ3v) is 3.18. The van der Waals surface area contributed by atoms with Crippen LogP contribution >= 0.6 is 0 Å². The first-order chi connectivity index (χ1) is 7.37. The molecule has 1 atom stereocenters. The van der Waals surface area contributed by atoms with Gasteiger partial charge < -0.3 is 14.8 Å². The molecule has 0 radical (unpaired) electrons. The third kappa shape index (κ3) is 2.32. The number of hydrogen-bond donors (Lipinski definition) is 1. The molecule has 0 aromatic rings. The smallest absolute Gasteiger partial charge is 0.117 e. The van der Waals surface area contributed by atoms with Gasteiger partial charge in [-0.15, -0.1) is 0 Å². The average Bonchev–Trinajstić information content (AvgIpc) is 2.54. The Kier molecular flexibility index (Phi) is 3.59. The molecule has 4 heteroatoms. The van der Waals surface area contributed by atoms with Crippen LogP contribution in [0.25, 0.3) is 0 Å². The molecule has 0 amide bonds. The fourth-order valence-corrected chi connectivity index (χ4v) is 2.41. The van der Waals surface area contributed by atoms with E-state index in [-0.39, 0.29) is 5.41 Å². The zero-order chi connectivity index (χ0) is 10.6. The molecule has 1 saturated heterocycles. The maximum atomic E-state index is 5.55. The molecular weight excluding hydrogens is 192 g/mol. The topological polar surface area (TPSA) is 42.8 Å². The zero-order valence-electron chi connectivity index (χ0n) is 9.42. The van der Waals surface area contributed by atoms with Crippen LogP contribution in [-0.4, -0.2) is 38.9 Å². The highest BCUT2D eigenvalue weighted by atomic mass is 16.5. The standard InChI is InChI=1S/C11H20N2O2/c1-2-3-11(4-6-14-8-11)10-12-5-7-15-9-13-10/h2-9H2,1H3,(H,12,13). The lowest BCUT2D eigenvalue weighted by Gasteiger charge is -2.28. The quantitative estimate of drug-likeness (QED) is 0.763. The SMILES string of the molecule is CCCC1(C2=NCCOCN2)CCOC1. The van der Waals surface area contributed by atoms with Gasteiger partial charge in [0.1, 0.15) is 12.6 Å². The highest BCUT2D eigenvalue weighted by molar-refractivity contribution is 5.88. The van der Waals surface area contributed by atoms with Gasteiger partial charge in [0.2, 0.25) is 0 Å². The number of nitrogens with one attached hydrogen (secondary N) is 1. The molecule has 86 valence electrons. The van der Waals surface area contributed by atoms with Gasteiger partial charge in [0.25, 0.3) is 0 Å². The van der Waals surface area contributed by atoms with Crippen molar-refractivity contribution in [1.82, 2.24) is 5.32 Å². The summed E-state index contributed by atoms with van der Waals surface area (Å²) in [4.78, 5) is 4.60. The summed E-state index contributed by atoms with van der Waals surface area (Å²) >= 11 is 0. The van der Waals surface area contributed by atoms with Crippen molar-refractivity contribution in [2.24, 2.45) is 10.4 Å². The summed E-state index contributed by atoms with van der Waals surface area (Å²) < 4.78 is 10.9. The van der Waals surface area contributed by atoms with E-state index in [0.29, 0.717) is 6.73 Å². The molecule has 2 heterocycles. The van der Waals surface area contributed by atoms with Crippen LogP contribution in [0.1, 0.15) is 26.2 Å². The summed E-state index contributed by atoms with van der Waals surface area (Å²) in [5.41, 5.74) is 0.141. The van der Waals surface area contributed by atoms with Crippen molar-refractivity contribution in [3.8, 4) is 0 Å². The number of ether oxygens (including phenoxy) is 2. The molecule has 1 N–H and O–H groups in total. The van der Waals surface area contributed by atoms with Crippen molar-refractivity contribution in [3.63, 3.8) is 0 Å². The summed E-state index contributed by atoms with van der Waals surface area (Å²) in [5.74, 6) is 1.11. The minimum absolute atomic E-state index is 0.141. The molecule has 0 aromatic heterocycles. The second-order valence-corrected chi connectivity index (χ2v) is 4.29. The Morgan fingerprint density at radius 3 is 3.07 bits per heavy atom. The van der Waals surface area contributed by atoms with E-state index in [1.165, 1.54) is 6.42 Å². The van der Waals surface area contributed by atoms with Crippen molar-refractivity contribution in [1.29, 1.82) is 0 Å². The third-order valence-electron chi connectivity index (χ3n) is 3.18. The maximum absolute atomic E-state index is 5.55. The Hall–Kier alpha value is -0.610. The largest absolute Gasteiger partial charge is 0.380 e. The minimum Gasteiger partial charge on any atom is -0.380 e. The summed E-state index contributed by atoms with van der Waals surface area (Å²) in [5, 5.41) is 3.30. The predicted octanol–water partition coefficient (Wildman–Crippen LogP) is 1.17. The molecule has 1 fully saturated rings. The monoisotopic (exact) mass is 212 g/mol. The van der Waals surface area contributed by atoms with E-state index in [0.717, 1.165) is 45.0 Å². The highest BCUT2D eigenvalue weighted by Gasteiger charge is 2.39. The first kappa shape index (κ1) is 10.9. The first-order valence-corrected chi connectivity index (χ1v) is 5.82. The van der Waals surface area contributed by atoms with Crippen molar-refractivity contribution in [2.75, 3.05) is 33.1 Å². The minimum atomic E-state index is 0.141. The van der Waals surface area contributed by atoms with Crippen LogP contribution in [0.3, 0.4) is 0 Å². The van der Waals surface area contributed by atoms with Crippen molar-refractivity contribution in [2.45, 2.75) is 26.2 Å². The molecule has 0 aliphatic carbocycles. The molecule has 2 aliphatic heterocycles. The number of hydrogen-bond acceptors (Lipinski definition) is 4. The van der Waals surface area contributed by atoms with Crippen molar-refractivity contribution in [3.05, 3.63) is 0 Å². The molecule has 2 rings (SSSR count). The number of nitrogens with zero attached hydrogens (tertiary/aromatic N) is 1. The van der Waals surface area contributed by atoms with Gasteiger partial charge in [0.15, 0.2) is 0 Å². The lowest BCUT2D eigenvalue weighted by Crippen LogP contribution is -2.41. The average molecular weight is 212 g/mol. The van der Waals surface area contributed by atoms with E-state index in [4.69, 9.17) is 9.47 Å². The second kappa shape index (κ2) is 4.94. The van der Waals surface area contributed by atoms with Gasteiger partial charge in [-0.2, -0.15) is 0 Å². The maximum Gasteiger partial charge on any atom is 0.117 e. The van der Waals surface area contributed by atoms with Gasteiger partial charge >= 0.3 is 0 Å². The van der Waals surface area contributed by atoms with E-state index in [1.54, 1.807) is 0 Å². The second-order valence-electron chi connectivity index (χ2n) is 4.29. The van der Waals surface area contributed by atoms with Crippen LogP contribution in [-0.2, 0) is 9.47 Å². The molecule has 0 spiro atoms. The zero-order valence-corrected chi connectivity index (χ0v) is 9.42. The van der Waals surface area contributed by atoms with Crippen LogP contribution in [0, 0.1) is 5.41 Å². The Balaban J connectivity index is 2.11. The lowest BCUT2D eigenvalue weighted by molar-refractivity contribution is 0.138. The molecule has 0 saturated carbocycles. The molecule has 1 unspecified atom stereocenters. The van der Waals surface area contributed by atoms with Gasteiger partial charge in [-0.3, -0.25) is 4.99 Å². The van der Waals surface area contributed by atoms with Gasteiger partial charge in [0, 0.05) is 6.61 Å². The van der Waals surface area contributed by atoms with Crippen molar-refractivity contribution < 1.29 is 9.47 Å². The van der Waals surface area contributed by atoms with Crippen LogP contribution in [0.15, 0.2) is 4.99 Å². The van der Waals surface area contributed by atoms with Gasteiger partial charge in [-0.1, -0.05) is 13.3 Å². The van der Waals surface area contributed by atoms with Crippen LogP contribution < -0.4 is 5.32 Å². The first-order valence-electron chi connectivity index (χ1n) is 5.82. The summed E-state index contributed by atoms with van der Waals surface area (Å²) in [6.07, 6.45) is 3.41. The van der Waals surface area contributed by atoms with Crippen molar-refractivity contribution >= 4 is 5.84 Å². The lowest BCUT2D eigenvalue weighted by atomic mass is 9.81. The Labute approximate surface area is 91.0 Å². The summed E-state index contributed by atoms with van der Waals surface area (Å²) in [6, 6.07) is 0. The van der Waals surface area contributed by atoms with Crippen LogP contribution in [0.5, 0.6) is 0 Å². The predicted molar refractivity (Wildman–Crippen MR) is 59.0 cm³/mol. The van der Waals surface area contributed by atoms with E-state index in [1.807, 2.05) is 0 Å². The summed E-state index contributed by atoms with van der Waals surface area (Å²) in [6.45, 7) is 5.97. The van der Waals surface area contributed by atoms with Crippen LogP contribution in [0.4, 0.5) is 0 Å². The summed E-state index contributed by atoms with van der Waals surface area (Å²) in [7, 11) is 0.